The average Bonchev–Trinajstić information content (AvgIpc) is 3.34. The molecule has 0 fully saturated rings. The van der Waals surface area contributed by atoms with Crippen molar-refractivity contribution in [2.24, 2.45) is 0 Å². The number of aryl methyl sites for hydroxylation is 1. The van der Waals surface area contributed by atoms with Crippen molar-refractivity contribution in [3.05, 3.63) is 54.0 Å². The number of fused-ring (bicyclic) bond motifs is 1. The van der Waals surface area contributed by atoms with E-state index in [0.29, 0.717) is 24.2 Å². The summed E-state index contributed by atoms with van der Waals surface area (Å²) < 4.78 is 90.0. The molecule has 0 aliphatic carbocycles. The van der Waals surface area contributed by atoms with Crippen LogP contribution >= 0.6 is 12.4 Å². The Morgan fingerprint density at radius 1 is 1.03 bits per heavy atom. The Bertz CT molecular complexity index is 1280. The Morgan fingerprint density at radius 3 is 2.42 bits per heavy atom. The minimum atomic E-state index is -4.97. The fraction of sp³-hybridized carbons (Fsp3) is 0.250. The highest BCUT2D eigenvalue weighted by atomic mass is 35.5. The van der Waals surface area contributed by atoms with Gasteiger partial charge in [0.25, 0.3) is 5.89 Å². The van der Waals surface area contributed by atoms with E-state index in [1.54, 1.807) is 24.5 Å². The lowest BCUT2D eigenvalue weighted by molar-refractivity contribution is -0.191. The summed E-state index contributed by atoms with van der Waals surface area (Å²) in [5.41, 5.74) is 0.530. The summed E-state index contributed by atoms with van der Waals surface area (Å²) in [6.45, 7) is 2.49. The van der Waals surface area contributed by atoms with Crippen LogP contribution in [-0.4, -0.2) is 31.8 Å². The van der Waals surface area contributed by atoms with Crippen LogP contribution in [0.4, 0.5) is 26.3 Å². The molecule has 4 rings (SSSR count). The van der Waals surface area contributed by atoms with Gasteiger partial charge < -0.3 is 13.7 Å². The summed E-state index contributed by atoms with van der Waals surface area (Å²) in [6, 6.07) is 5.89. The molecule has 0 aliphatic heterocycles. The van der Waals surface area contributed by atoms with E-state index in [1.807, 2.05) is 11.3 Å². The highest BCUT2D eigenvalue weighted by Gasteiger charge is 2.41. The number of rotatable bonds is 4. The summed E-state index contributed by atoms with van der Waals surface area (Å²) in [5, 5.41) is 3.79. The quantitative estimate of drug-likeness (QED) is 0.321. The monoisotopic (exact) mass is 492 g/mol. The molecule has 3 heterocycles. The zero-order valence-corrected chi connectivity index (χ0v) is 17.7. The van der Waals surface area contributed by atoms with Gasteiger partial charge in [-0.2, -0.15) is 31.3 Å². The summed E-state index contributed by atoms with van der Waals surface area (Å²) in [5.74, 6) is -1.08. The number of pyridine rings is 1. The van der Waals surface area contributed by atoms with Gasteiger partial charge in [0, 0.05) is 29.2 Å². The Hall–Kier alpha value is -3.28. The fourth-order valence-corrected chi connectivity index (χ4v) is 2.95. The predicted molar refractivity (Wildman–Crippen MR) is 107 cm³/mol. The molecule has 0 radical (unpaired) electrons. The number of ether oxygens (including phenoxy) is 1. The van der Waals surface area contributed by atoms with Crippen molar-refractivity contribution in [2.75, 3.05) is 0 Å². The van der Waals surface area contributed by atoms with Crippen molar-refractivity contribution in [1.82, 2.24) is 19.5 Å². The molecule has 33 heavy (non-hydrogen) atoms. The van der Waals surface area contributed by atoms with Gasteiger partial charge in [0.05, 0.1) is 5.56 Å². The molecular weight excluding hydrogens is 478 g/mol. The maximum Gasteiger partial charge on any atom is 0.425 e. The van der Waals surface area contributed by atoms with Crippen molar-refractivity contribution in [3.8, 4) is 28.6 Å². The average molecular weight is 493 g/mol. The van der Waals surface area contributed by atoms with Gasteiger partial charge >= 0.3 is 12.4 Å². The summed E-state index contributed by atoms with van der Waals surface area (Å²) in [6.07, 6.45) is -8.81. The molecule has 0 N–H and O–H groups in total. The molecule has 0 spiro atoms. The molecule has 6 nitrogen and oxygen atoms in total. The van der Waals surface area contributed by atoms with Crippen LogP contribution in [0.1, 0.15) is 18.2 Å². The second kappa shape index (κ2) is 8.58. The lowest BCUT2D eigenvalue weighted by Crippen LogP contribution is -2.31. The first kappa shape index (κ1) is 24.4. The summed E-state index contributed by atoms with van der Waals surface area (Å²) in [7, 11) is 0. The van der Waals surface area contributed by atoms with Crippen LogP contribution in [0.2, 0.25) is 0 Å². The summed E-state index contributed by atoms with van der Waals surface area (Å²) in [4.78, 5) is 8.33. The molecule has 0 saturated heterocycles. The van der Waals surface area contributed by atoms with Crippen LogP contribution in [0.25, 0.3) is 28.5 Å². The number of imidazole rings is 1. The molecule has 0 aliphatic rings. The number of alkyl halides is 6. The Kier molecular flexibility index (Phi) is 6.33. The van der Waals surface area contributed by atoms with Crippen LogP contribution < -0.4 is 4.74 Å². The molecule has 1 aromatic carbocycles. The number of halogens is 7. The van der Waals surface area contributed by atoms with Crippen molar-refractivity contribution in [2.45, 2.75) is 32.3 Å². The van der Waals surface area contributed by atoms with E-state index in [1.165, 1.54) is 0 Å². The lowest BCUT2D eigenvalue weighted by Gasteiger charge is -2.20. The van der Waals surface area contributed by atoms with Gasteiger partial charge in [-0.05, 0) is 44.2 Å². The molecule has 3 aromatic heterocycles. The number of benzene rings is 1. The number of nitrogens with zero attached hydrogens (tertiary/aromatic N) is 4. The third-order valence-corrected chi connectivity index (χ3v) is 4.68. The SMILES string of the molecule is Cc1cnc2cc(-c3noc(-c4ccc(OC(C)C(F)(F)F)c(C(F)(F)F)c4)n3)ccn12.Cl. The minimum absolute atomic E-state index is 0. The van der Waals surface area contributed by atoms with Gasteiger partial charge in [-0.15, -0.1) is 12.4 Å². The zero-order chi connectivity index (χ0) is 23.3. The maximum atomic E-state index is 13.5. The molecule has 4 aromatic rings. The molecule has 176 valence electrons. The topological polar surface area (TPSA) is 65.5 Å². The Morgan fingerprint density at radius 2 is 1.76 bits per heavy atom. The van der Waals surface area contributed by atoms with E-state index in [2.05, 4.69) is 19.9 Å². The molecule has 0 saturated carbocycles. The van der Waals surface area contributed by atoms with Gasteiger partial charge in [0.1, 0.15) is 11.4 Å². The second-order valence-corrected chi connectivity index (χ2v) is 6.98. The standard InChI is InChI=1S/C20H14F6N4O2.ClH/c1-10-9-27-16-8-12(5-6-30(10)16)17-28-18(32-29-17)13-3-4-15(14(7-13)20(24,25)26)31-11(2)19(21,22)23;/h3-9,11H,1-2H3;1H. The number of hydrogen-bond acceptors (Lipinski definition) is 5. The highest BCUT2D eigenvalue weighted by Crippen LogP contribution is 2.40. The van der Waals surface area contributed by atoms with Gasteiger partial charge in [-0.3, -0.25) is 0 Å². The van der Waals surface area contributed by atoms with E-state index >= 15 is 0 Å². The number of aromatic nitrogens is 4. The minimum Gasteiger partial charge on any atom is -0.481 e. The van der Waals surface area contributed by atoms with Crippen molar-refractivity contribution >= 4 is 18.1 Å². The zero-order valence-electron chi connectivity index (χ0n) is 16.9. The van der Waals surface area contributed by atoms with Gasteiger partial charge in [-0.1, -0.05) is 5.16 Å². The fourth-order valence-electron chi connectivity index (χ4n) is 2.95. The molecule has 1 unspecified atom stereocenters. The van der Waals surface area contributed by atoms with E-state index in [0.717, 1.165) is 17.8 Å². The highest BCUT2D eigenvalue weighted by molar-refractivity contribution is 5.85. The predicted octanol–water partition coefficient (Wildman–Crippen LogP) is 6.13. The van der Waals surface area contributed by atoms with Crippen LogP contribution in [-0.2, 0) is 6.18 Å². The smallest absolute Gasteiger partial charge is 0.425 e. The molecule has 13 heteroatoms. The molecular formula is C20H15ClF6N4O2. The first-order chi connectivity index (χ1) is 14.9. The van der Waals surface area contributed by atoms with E-state index < -0.39 is 29.8 Å². The third-order valence-electron chi connectivity index (χ3n) is 4.68. The van der Waals surface area contributed by atoms with Gasteiger partial charge in [-0.25, -0.2) is 4.98 Å². The van der Waals surface area contributed by atoms with Gasteiger partial charge in [0.15, 0.2) is 6.10 Å². The van der Waals surface area contributed by atoms with Crippen molar-refractivity contribution < 1.29 is 35.6 Å². The largest absolute Gasteiger partial charge is 0.481 e. The van der Waals surface area contributed by atoms with Crippen molar-refractivity contribution in [1.29, 1.82) is 0 Å². The van der Waals surface area contributed by atoms with E-state index in [9.17, 15) is 26.3 Å². The Balaban J connectivity index is 0.00000306. The number of hydrogen-bond donors (Lipinski definition) is 0. The first-order valence-electron chi connectivity index (χ1n) is 9.16. The molecule has 0 bridgehead atoms. The first-order valence-corrected chi connectivity index (χ1v) is 9.16. The second-order valence-electron chi connectivity index (χ2n) is 6.98. The Labute approximate surface area is 188 Å². The summed E-state index contributed by atoms with van der Waals surface area (Å²) >= 11 is 0. The van der Waals surface area contributed by atoms with E-state index in [4.69, 9.17) is 4.52 Å². The van der Waals surface area contributed by atoms with E-state index in [-0.39, 0.29) is 29.7 Å². The lowest BCUT2D eigenvalue weighted by atomic mass is 10.1. The van der Waals surface area contributed by atoms with Crippen molar-refractivity contribution in [3.63, 3.8) is 0 Å². The third kappa shape index (κ3) is 4.90. The molecule has 1 atom stereocenters. The normalized spacial score (nSPS) is 13.1. The van der Waals surface area contributed by atoms with Crippen LogP contribution in [0.15, 0.2) is 47.2 Å². The van der Waals surface area contributed by atoms with Gasteiger partial charge in [0.2, 0.25) is 5.82 Å². The van der Waals surface area contributed by atoms with Crippen LogP contribution in [0.3, 0.4) is 0 Å². The van der Waals surface area contributed by atoms with Crippen LogP contribution in [0, 0.1) is 6.92 Å². The maximum absolute atomic E-state index is 13.5. The molecule has 0 amide bonds. The van der Waals surface area contributed by atoms with Crippen LogP contribution in [0.5, 0.6) is 5.75 Å².